The highest BCUT2D eigenvalue weighted by atomic mass is 79.9. The van der Waals surface area contributed by atoms with Gasteiger partial charge in [-0.25, -0.2) is 0 Å². The molecule has 0 aliphatic heterocycles. The van der Waals surface area contributed by atoms with E-state index < -0.39 is 0 Å². The Hall–Kier alpha value is -0.340. The minimum absolute atomic E-state index is 0.228. The second-order valence-corrected chi connectivity index (χ2v) is 4.70. The van der Waals surface area contributed by atoms with Crippen molar-refractivity contribution in [2.24, 2.45) is 5.92 Å². The average molecular weight is 257 g/mol. The van der Waals surface area contributed by atoms with Crippen LogP contribution < -0.4 is 0 Å². The lowest BCUT2D eigenvalue weighted by molar-refractivity contribution is 0.115. The highest BCUT2D eigenvalue weighted by molar-refractivity contribution is 9.10. The van der Waals surface area contributed by atoms with Crippen molar-refractivity contribution in [3.05, 3.63) is 34.3 Å². The zero-order chi connectivity index (χ0) is 10.6. The Labute approximate surface area is 94.3 Å². The second-order valence-electron chi connectivity index (χ2n) is 3.79. The van der Waals surface area contributed by atoms with Gasteiger partial charge in [-0.2, -0.15) is 0 Å². The first-order valence-corrected chi connectivity index (χ1v) is 5.85. The van der Waals surface area contributed by atoms with Gasteiger partial charge >= 0.3 is 0 Å². The van der Waals surface area contributed by atoms with E-state index >= 15 is 0 Å². The Morgan fingerprint density at radius 1 is 1.43 bits per heavy atom. The third kappa shape index (κ3) is 3.43. The molecule has 1 nitrogen and oxygen atoms in total. The van der Waals surface area contributed by atoms with E-state index in [1.807, 2.05) is 12.1 Å². The lowest BCUT2D eigenvalue weighted by atomic mass is 9.96. The zero-order valence-corrected chi connectivity index (χ0v) is 10.3. The minimum Gasteiger partial charge on any atom is -0.393 e. The molecule has 0 saturated heterocycles. The molecule has 0 aliphatic rings. The quantitative estimate of drug-likeness (QED) is 0.876. The maximum atomic E-state index is 9.85. The van der Waals surface area contributed by atoms with Crippen LogP contribution in [0.1, 0.15) is 25.8 Å². The summed E-state index contributed by atoms with van der Waals surface area (Å²) in [6.45, 7) is 4.19. The molecular formula is C12H17BrO. The normalized spacial score (nSPS) is 15.1. The van der Waals surface area contributed by atoms with Gasteiger partial charge in [0.25, 0.3) is 0 Å². The van der Waals surface area contributed by atoms with Gasteiger partial charge in [-0.1, -0.05) is 48.3 Å². The van der Waals surface area contributed by atoms with Crippen LogP contribution in [0.5, 0.6) is 0 Å². The predicted molar refractivity (Wildman–Crippen MR) is 63.3 cm³/mol. The lowest BCUT2D eigenvalue weighted by Crippen LogP contribution is -2.19. The van der Waals surface area contributed by atoms with Crippen molar-refractivity contribution in [3.8, 4) is 0 Å². The summed E-state index contributed by atoms with van der Waals surface area (Å²) in [5.74, 6) is 0.369. The van der Waals surface area contributed by atoms with Crippen LogP contribution in [-0.2, 0) is 6.42 Å². The molecule has 0 saturated carbocycles. The number of hydrogen-bond acceptors (Lipinski definition) is 1. The van der Waals surface area contributed by atoms with Gasteiger partial charge in [0, 0.05) is 4.47 Å². The van der Waals surface area contributed by atoms with Crippen molar-refractivity contribution in [1.82, 2.24) is 0 Å². The van der Waals surface area contributed by atoms with Crippen molar-refractivity contribution in [1.29, 1.82) is 0 Å². The van der Waals surface area contributed by atoms with Gasteiger partial charge in [0.2, 0.25) is 0 Å². The summed E-state index contributed by atoms with van der Waals surface area (Å²) in [6, 6.07) is 8.11. The SMILES string of the molecule is CCC(C)C(O)Cc1cccc(Br)c1. The summed E-state index contributed by atoms with van der Waals surface area (Å²) in [5.41, 5.74) is 1.19. The first-order chi connectivity index (χ1) is 6.63. The van der Waals surface area contributed by atoms with E-state index in [-0.39, 0.29) is 6.10 Å². The first kappa shape index (κ1) is 11.7. The third-order valence-corrected chi connectivity index (χ3v) is 3.13. The molecule has 0 aromatic heterocycles. The number of rotatable bonds is 4. The third-order valence-electron chi connectivity index (χ3n) is 2.63. The topological polar surface area (TPSA) is 20.2 Å². The van der Waals surface area contributed by atoms with Gasteiger partial charge in [0.05, 0.1) is 6.10 Å². The maximum Gasteiger partial charge on any atom is 0.0605 e. The molecule has 0 aliphatic carbocycles. The van der Waals surface area contributed by atoms with Crippen LogP contribution in [0.25, 0.3) is 0 Å². The van der Waals surface area contributed by atoms with Gasteiger partial charge in [-0.15, -0.1) is 0 Å². The van der Waals surface area contributed by atoms with Gasteiger partial charge in [0.1, 0.15) is 0 Å². The van der Waals surface area contributed by atoms with Crippen LogP contribution in [0.2, 0.25) is 0 Å². The zero-order valence-electron chi connectivity index (χ0n) is 8.70. The van der Waals surface area contributed by atoms with E-state index in [1.165, 1.54) is 5.56 Å². The standard InChI is InChI=1S/C12H17BrO/c1-3-9(2)12(14)8-10-5-4-6-11(13)7-10/h4-7,9,12,14H,3,8H2,1-2H3. The summed E-state index contributed by atoms with van der Waals surface area (Å²) in [5, 5.41) is 9.85. The molecular weight excluding hydrogens is 240 g/mol. The monoisotopic (exact) mass is 256 g/mol. The van der Waals surface area contributed by atoms with Crippen molar-refractivity contribution < 1.29 is 5.11 Å². The summed E-state index contributed by atoms with van der Waals surface area (Å²) in [6.07, 6.45) is 1.54. The summed E-state index contributed by atoms with van der Waals surface area (Å²) >= 11 is 3.42. The fourth-order valence-corrected chi connectivity index (χ4v) is 1.83. The van der Waals surface area contributed by atoms with E-state index in [1.54, 1.807) is 0 Å². The van der Waals surface area contributed by atoms with Crippen molar-refractivity contribution >= 4 is 15.9 Å². The van der Waals surface area contributed by atoms with E-state index in [4.69, 9.17) is 0 Å². The Bertz CT molecular complexity index is 285. The molecule has 0 radical (unpaired) electrons. The van der Waals surface area contributed by atoms with Crippen LogP contribution in [0.4, 0.5) is 0 Å². The fourth-order valence-electron chi connectivity index (χ4n) is 1.38. The molecule has 0 heterocycles. The number of aliphatic hydroxyl groups is 1. The summed E-state index contributed by atoms with van der Waals surface area (Å²) in [7, 11) is 0. The summed E-state index contributed by atoms with van der Waals surface area (Å²) in [4.78, 5) is 0. The number of aliphatic hydroxyl groups excluding tert-OH is 1. The van der Waals surface area contributed by atoms with E-state index in [2.05, 4.69) is 41.9 Å². The molecule has 0 amide bonds. The van der Waals surface area contributed by atoms with Crippen LogP contribution in [-0.4, -0.2) is 11.2 Å². The molecule has 78 valence electrons. The van der Waals surface area contributed by atoms with Gasteiger partial charge in [-0.3, -0.25) is 0 Å². The molecule has 2 atom stereocenters. The fraction of sp³-hybridized carbons (Fsp3) is 0.500. The number of hydrogen-bond donors (Lipinski definition) is 1. The van der Waals surface area contributed by atoms with Crippen LogP contribution in [0.15, 0.2) is 28.7 Å². The Morgan fingerprint density at radius 3 is 2.71 bits per heavy atom. The van der Waals surface area contributed by atoms with Crippen LogP contribution in [0, 0.1) is 5.92 Å². The molecule has 1 aromatic rings. The minimum atomic E-state index is -0.228. The number of benzene rings is 1. The van der Waals surface area contributed by atoms with E-state index in [0.717, 1.165) is 17.3 Å². The average Bonchev–Trinajstić information content (AvgIpc) is 2.16. The molecule has 1 rings (SSSR count). The second kappa shape index (κ2) is 5.52. The largest absolute Gasteiger partial charge is 0.393 e. The van der Waals surface area contributed by atoms with Crippen molar-refractivity contribution in [2.45, 2.75) is 32.8 Å². The smallest absolute Gasteiger partial charge is 0.0605 e. The number of halogens is 1. The Kier molecular flexibility index (Phi) is 4.63. The molecule has 0 spiro atoms. The molecule has 0 fully saturated rings. The van der Waals surface area contributed by atoms with E-state index in [0.29, 0.717) is 5.92 Å². The first-order valence-electron chi connectivity index (χ1n) is 5.06. The molecule has 1 aromatic carbocycles. The van der Waals surface area contributed by atoms with Crippen molar-refractivity contribution in [2.75, 3.05) is 0 Å². The van der Waals surface area contributed by atoms with Crippen LogP contribution >= 0.6 is 15.9 Å². The molecule has 2 unspecified atom stereocenters. The summed E-state index contributed by atoms with van der Waals surface area (Å²) < 4.78 is 1.08. The lowest BCUT2D eigenvalue weighted by Gasteiger charge is -2.17. The molecule has 2 heteroatoms. The van der Waals surface area contributed by atoms with Gasteiger partial charge in [-0.05, 0) is 30.0 Å². The van der Waals surface area contributed by atoms with Gasteiger partial charge in [0.15, 0.2) is 0 Å². The predicted octanol–water partition coefficient (Wildman–Crippen LogP) is 3.40. The van der Waals surface area contributed by atoms with Crippen molar-refractivity contribution in [3.63, 3.8) is 0 Å². The Morgan fingerprint density at radius 2 is 2.14 bits per heavy atom. The van der Waals surface area contributed by atoms with Gasteiger partial charge < -0.3 is 5.11 Å². The van der Waals surface area contributed by atoms with Crippen LogP contribution in [0.3, 0.4) is 0 Å². The Balaban J connectivity index is 2.60. The highest BCUT2D eigenvalue weighted by Crippen LogP contribution is 2.16. The highest BCUT2D eigenvalue weighted by Gasteiger charge is 2.12. The van der Waals surface area contributed by atoms with E-state index in [9.17, 15) is 5.11 Å². The molecule has 14 heavy (non-hydrogen) atoms. The molecule has 0 bridgehead atoms. The molecule has 1 N–H and O–H groups in total. The maximum absolute atomic E-state index is 9.85.